The SMILES string of the molecule is COc1c(I)ccc(C)c1F. The van der Waals surface area contributed by atoms with Crippen molar-refractivity contribution < 1.29 is 9.13 Å². The van der Waals surface area contributed by atoms with Gasteiger partial charge in [0.1, 0.15) is 0 Å². The summed E-state index contributed by atoms with van der Waals surface area (Å²) in [6.07, 6.45) is 0. The normalized spacial score (nSPS) is 9.82. The summed E-state index contributed by atoms with van der Waals surface area (Å²) in [5.74, 6) is 0.0741. The second-order valence-electron chi connectivity index (χ2n) is 2.21. The fourth-order valence-corrected chi connectivity index (χ4v) is 1.45. The third-order valence-electron chi connectivity index (χ3n) is 1.45. The first-order valence-electron chi connectivity index (χ1n) is 3.15. The van der Waals surface area contributed by atoms with E-state index in [0.29, 0.717) is 11.3 Å². The molecule has 0 spiro atoms. The number of benzene rings is 1. The van der Waals surface area contributed by atoms with Gasteiger partial charge in [-0.3, -0.25) is 0 Å². The molecule has 0 aromatic heterocycles. The van der Waals surface area contributed by atoms with Crippen LogP contribution < -0.4 is 4.74 Å². The molecule has 1 aromatic carbocycles. The van der Waals surface area contributed by atoms with Crippen molar-refractivity contribution in [1.82, 2.24) is 0 Å². The molecule has 0 aliphatic rings. The second kappa shape index (κ2) is 3.38. The van der Waals surface area contributed by atoms with Crippen LogP contribution in [0.25, 0.3) is 0 Å². The molecule has 0 radical (unpaired) electrons. The Bertz CT molecular complexity index is 273. The molecule has 0 aliphatic heterocycles. The molecule has 0 fully saturated rings. The van der Waals surface area contributed by atoms with Crippen molar-refractivity contribution in [1.29, 1.82) is 0 Å². The minimum atomic E-state index is -0.264. The summed E-state index contributed by atoms with van der Waals surface area (Å²) in [5, 5.41) is 0. The van der Waals surface area contributed by atoms with E-state index < -0.39 is 0 Å². The molecular weight excluding hydrogens is 258 g/mol. The first-order chi connectivity index (χ1) is 5.16. The van der Waals surface area contributed by atoms with Gasteiger partial charge >= 0.3 is 0 Å². The molecule has 11 heavy (non-hydrogen) atoms. The van der Waals surface area contributed by atoms with Crippen molar-refractivity contribution >= 4 is 22.6 Å². The maximum atomic E-state index is 13.1. The highest BCUT2D eigenvalue weighted by atomic mass is 127. The van der Waals surface area contributed by atoms with Gasteiger partial charge in [-0.25, -0.2) is 4.39 Å². The van der Waals surface area contributed by atoms with E-state index in [-0.39, 0.29) is 5.82 Å². The van der Waals surface area contributed by atoms with Gasteiger partial charge in [0.2, 0.25) is 0 Å². The monoisotopic (exact) mass is 266 g/mol. The van der Waals surface area contributed by atoms with Crippen molar-refractivity contribution in [2.45, 2.75) is 6.92 Å². The topological polar surface area (TPSA) is 9.23 Å². The predicted octanol–water partition coefficient (Wildman–Crippen LogP) is 2.75. The van der Waals surface area contributed by atoms with Gasteiger partial charge in [-0.2, -0.15) is 0 Å². The highest BCUT2D eigenvalue weighted by molar-refractivity contribution is 14.1. The summed E-state index contributed by atoms with van der Waals surface area (Å²) >= 11 is 2.04. The maximum Gasteiger partial charge on any atom is 0.169 e. The van der Waals surface area contributed by atoms with E-state index in [9.17, 15) is 4.39 Å². The van der Waals surface area contributed by atoms with Crippen LogP contribution in [0.3, 0.4) is 0 Å². The molecule has 0 unspecified atom stereocenters. The van der Waals surface area contributed by atoms with E-state index in [1.165, 1.54) is 7.11 Å². The zero-order valence-corrected chi connectivity index (χ0v) is 8.48. The molecule has 0 N–H and O–H groups in total. The second-order valence-corrected chi connectivity index (χ2v) is 3.37. The highest BCUT2D eigenvalue weighted by Gasteiger charge is 2.08. The lowest BCUT2D eigenvalue weighted by atomic mass is 10.2. The molecule has 3 heteroatoms. The maximum absolute atomic E-state index is 13.1. The summed E-state index contributed by atoms with van der Waals surface area (Å²) in [6.45, 7) is 1.72. The van der Waals surface area contributed by atoms with Gasteiger partial charge < -0.3 is 4.74 Å². The molecule has 1 aromatic rings. The Hall–Kier alpha value is -0.320. The number of halogens is 2. The van der Waals surface area contributed by atoms with Crippen molar-refractivity contribution in [3.8, 4) is 5.75 Å². The van der Waals surface area contributed by atoms with Crippen LogP contribution in [0.5, 0.6) is 5.75 Å². The lowest BCUT2D eigenvalue weighted by Crippen LogP contribution is -1.93. The summed E-state index contributed by atoms with van der Waals surface area (Å²) in [6, 6.07) is 3.57. The Morgan fingerprint density at radius 3 is 2.55 bits per heavy atom. The predicted molar refractivity (Wildman–Crippen MR) is 50.4 cm³/mol. The molecule has 0 saturated heterocycles. The van der Waals surface area contributed by atoms with Crippen LogP contribution in [0.15, 0.2) is 12.1 Å². The lowest BCUT2D eigenvalue weighted by molar-refractivity contribution is 0.382. The fraction of sp³-hybridized carbons (Fsp3) is 0.250. The number of hydrogen-bond donors (Lipinski definition) is 0. The Morgan fingerprint density at radius 1 is 1.45 bits per heavy atom. The third kappa shape index (κ3) is 1.64. The number of ether oxygens (including phenoxy) is 1. The Labute approximate surface area is 78.7 Å². The van der Waals surface area contributed by atoms with Crippen LogP contribution in [0.4, 0.5) is 4.39 Å². The van der Waals surface area contributed by atoms with Gasteiger partial charge in [-0.15, -0.1) is 0 Å². The van der Waals surface area contributed by atoms with Gasteiger partial charge in [0.15, 0.2) is 11.6 Å². The summed E-state index contributed by atoms with van der Waals surface area (Å²) in [7, 11) is 1.47. The summed E-state index contributed by atoms with van der Waals surface area (Å²) in [4.78, 5) is 0. The number of methoxy groups -OCH3 is 1. The molecule has 1 rings (SSSR count). The van der Waals surface area contributed by atoms with Gasteiger partial charge in [0.25, 0.3) is 0 Å². The zero-order chi connectivity index (χ0) is 8.43. The molecule has 0 atom stereocenters. The number of hydrogen-bond acceptors (Lipinski definition) is 1. The summed E-state index contributed by atoms with van der Waals surface area (Å²) in [5.41, 5.74) is 0.613. The van der Waals surface area contributed by atoms with Crippen molar-refractivity contribution in [3.63, 3.8) is 0 Å². The number of aryl methyl sites for hydroxylation is 1. The Balaban J connectivity index is 3.29. The van der Waals surface area contributed by atoms with Crippen LogP contribution in [-0.4, -0.2) is 7.11 Å². The van der Waals surface area contributed by atoms with Crippen molar-refractivity contribution in [3.05, 3.63) is 27.1 Å². The highest BCUT2D eigenvalue weighted by Crippen LogP contribution is 2.25. The molecule has 0 heterocycles. The molecule has 0 saturated carbocycles. The minimum Gasteiger partial charge on any atom is -0.493 e. The molecule has 0 bridgehead atoms. The van der Waals surface area contributed by atoms with E-state index in [4.69, 9.17) is 4.74 Å². The van der Waals surface area contributed by atoms with E-state index in [1.807, 2.05) is 28.7 Å². The van der Waals surface area contributed by atoms with Crippen LogP contribution in [0.1, 0.15) is 5.56 Å². The smallest absolute Gasteiger partial charge is 0.169 e. The lowest BCUT2D eigenvalue weighted by Gasteiger charge is -2.05. The largest absolute Gasteiger partial charge is 0.493 e. The first-order valence-corrected chi connectivity index (χ1v) is 4.23. The Kier molecular flexibility index (Phi) is 2.70. The van der Waals surface area contributed by atoms with Gasteiger partial charge in [-0.1, -0.05) is 6.07 Å². The Morgan fingerprint density at radius 2 is 2.09 bits per heavy atom. The van der Waals surface area contributed by atoms with E-state index >= 15 is 0 Å². The van der Waals surface area contributed by atoms with Crippen LogP contribution in [-0.2, 0) is 0 Å². The fourth-order valence-electron chi connectivity index (χ4n) is 0.818. The third-order valence-corrected chi connectivity index (χ3v) is 2.30. The van der Waals surface area contributed by atoms with Crippen molar-refractivity contribution in [2.75, 3.05) is 7.11 Å². The van der Waals surface area contributed by atoms with Gasteiger partial charge in [-0.05, 0) is 41.1 Å². The van der Waals surface area contributed by atoms with Crippen LogP contribution >= 0.6 is 22.6 Å². The molecule has 1 nitrogen and oxygen atoms in total. The number of rotatable bonds is 1. The van der Waals surface area contributed by atoms with E-state index in [2.05, 4.69) is 0 Å². The van der Waals surface area contributed by atoms with Gasteiger partial charge in [0.05, 0.1) is 10.7 Å². The van der Waals surface area contributed by atoms with E-state index in [0.717, 1.165) is 3.57 Å². The average molecular weight is 266 g/mol. The van der Waals surface area contributed by atoms with Crippen molar-refractivity contribution in [2.24, 2.45) is 0 Å². The summed E-state index contributed by atoms with van der Waals surface area (Å²) < 4.78 is 18.8. The molecule has 0 amide bonds. The average Bonchev–Trinajstić information content (AvgIpc) is 1.99. The molecule has 60 valence electrons. The zero-order valence-electron chi connectivity index (χ0n) is 6.32. The van der Waals surface area contributed by atoms with Gasteiger partial charge in [0, 0.05) is 0 Å². The quantitative estimate of drug-likeness (QED) is 0.710. The molecular formula is C8H8FIO. The first kappa shape index (κ1) is 8.77. The van der Waals surface area contributed by atoms with Crippen LogP contribution in [0.2, 0.25) is 0 Å². The van der Waals surface area contributed by atoms with Crippen LogP contribution in [0, 0.1) is 16.3 Å². The van der Waals surface area contributed by atoms with E-state index in [1.54, 1.807) is 13.0 Å². The minimum absolute atomic E-state index is 0.264. The standard InChI is InChI=1S/C8H8FIO/c1-5-3-4-6(10)8(11-2)7(5)9/h3-4H,1-2H3. The molecule has 0 aliphatic carbocycles.